The van der Waals surface area contributed by atoms with Crippen molar-refractivity contribution in [3.05, 3.63) is 65.0 Å². The fourth-order valence-corrected chi connectivity index (χ4v) is 2.14. The summed E-state index contributed by atoms with van der Waals surface area (Å²) in [4.78, 5) is 20.5. The molecule has 98 valence electrons. The molecule has 0 saturated carbocycles. The summed E-state index contributed by atoms with van der Waals surface area (Å²) < 4.78 is 0.836. The zero-order chi connectivity index (χ0) is 13.9. The number of amides is 1. The van der Waals surface area contributed by atoms with Crippen LogP contribution in [0.2, 0.25) is 0 Å². The van der Waals surface area contributed by atoms with Gasteiger partial charge in [-0.15, -0.1) is 0 Å². The molecule has 0 atom stereocenters. The molecule has 5 heteroatoms. The van der Waals surface area contributed by atoms with Crippen LogP contribution in [0.5, 0.6) is 0 Å². The van der Waals surface area contributed by atoms with Crippen molar-refractivity contribution in [3.63, 3.8) is 0 Å². The number of aromatic nitrogens is 2. The van der Waals surface area contributed by atoms with Gasteiger partial charge in [-0.3, -0.25) is 9.78 Å². The molecule has 0 aliphatic carbocycles. The summed E-state index contributed by atoms with van der Waals surface area (Å²) in [6, 6.07) is 12.8. The number of nitrogens with zero attached hydrogens (tertiary/aromatic N) is 2. The third-order valence-corrected chi connectivity index (χ3v) is 3.32. The molecule has 0 saturated heterocycles. The molecule has 0 bridgehead atoms. The predicted molar refractivity (Wildman–Crippen MR) is 81.6 cm³/mol. The highest BCUT2D eigenvalue weighted by Gasteiger charge is 2.09. The zero-order valence-electron chi connectivity index (χ0n) is 10.4. The first-order chi connectivity index (χ1) is 9.74. The van der Waals surface area contributed by atoms with E-state index in [0.717, 1.165) is 21.1 Å². The van der Waals surface area contributed by atoms with Gasteiger partial charge in [0, 0.05) is 22.3 Å². The average Bonchev–Trinajstić information content (AvgIpc) is 2.48. The standard InChI is InChI=1S/C15H10BrN3O/c16-10-6-7-14(18-9-10)15(20)19-13-5-1-4-12-11(13)3-2-8-17-12/h1-9H,(H,19,20). The lowest BCUT2D eigenvalue weighted by atomic mass is 10.2. The van der Waals surface area contributed by atoms with E-state index in [4.69, 9.17) is 0 Å². The maximum atomic E-state index is 12.2. The number of carbonyl (C=O) groups excluding carboxylic acids is 1. The Morgan fingerprint density at radius 2 is 1.95 bits per heavy atom. The van der Waals surface area contributed by atoms with Crippen LogP contribution in [0.1, 0.15) is 10.5 Å². The number of nitrogens with one attached hydrogen (secondary N) is 1. The molecule has 0 unspecified atom stereocenters. The van der Waals surface area contributed by atoms with E-state index in [2.05, 4.69) is 31.2 Å². The van der Waals surface area contributed by atoms with Gasteiger partial charge < -0.3 is 5.32 Å². The Morgan fingerprint density at radius 3 is 2.75 bits per heavy atom. The summed E-state index contributed by atoms with van der Waals surface area (Å²) in [5.41, 5.74) is 1.94. The highest BCUT2D eigenvalue weighted by Crippen LogP contribution is 2.21. The van der Waals surface area contributed by atoms with Gasteiger partial charge in [0.15, 0.2) is 0 Å². The van der Waals surface area contributed by atoms with Crippen LogP contribution in [0.15, 0.2) is 59.3 Å². The zero-order valence-corrected chi connectivity index (χ0v) is 12.0. The molecule has 2 aromatic heterocycles. The van der Waals surface area contributed by atoms with Gasteiger partial charge in [-0.2, -0.15) is 0 Å². The number of hydrogen-bond donors (Lipinski definition) is 1. The van der Waals surface area contributed by atoms with Crippen LogP contribution in [-0.4, -0.2) is 15.9 Å². The number of halogens is 1. The number of benzene rings is 1. The monoisotopic (exact) mass is 327 g/mol. The molecule has 0 aliphatic heterocycles. The molecule has 0 aliphatic rings. The predicted octanol–water partition coefficient (Wildman–Crippen LogP) is 3.64. The second-order valence-corrected chi connectivity index (χ2v) is 5.11. The van der Waals surface area contributed by atoms with Crippen LogP contribution in [0.25, 0.3) is 10.9 Å². The van der Waals surface area contributed by atoms with Gasteiger partial charge in [0.1, 0.15) is 5.69 Å². The molecule has 3 rings (SSSR count). The quantitative estimate of drug-likeness (QED) is 0.781. The summed E-state index contributed by atoms with van der Waals surface area (Å²) in [6.45, 7) is 0. The Bertz CT molecular complexity index is 766. The van der Waals surface area contributed by atoms with Crippen molar-refractivity contribution in [1.82, 2.24) is 9.97 Å². The first-order valence-corrected chi connectivity index (χ1v) is 6.80. The third kappa shape index (κ3) is 2.53. The first kappa shape index (κ1) is 12.7. The lowest BCUT2D eigenvalue weighted by Crippen LogP contribution is -2.13. The molecule has 1 aromatic carbocycles. The molecular weight excluding hydrogens is 318 g/mol. The minimum Gasteiger partial charge on any atom is -0.320 e. The minimum atomic E-state index is -0.242. The van der Waals surface area contributed by atoms with Gasteiger partial charge in [-0.1, -0.05) is 6.07 Å². The van der Waals surface area contributed by atoms with Crippen LogP contribution in [0.4, 0.5) is 5.69 Å². The first-order valence-electron chi connectivity index (χ1n) is 6.01. The van der Waals surface area contributed by atoms with Crippen LogP contribution >= 0.6 is 15.9 Å². The Balaban J connectivity index is 1.93. The lowest BCUT2D eigenvalue weighted by molar-refractivity contribution is 0.102. The molecular formula is C15H10BrN3O. The lowest BCUT2D eigenvalue weighted by Gasteiger charge is -2.07. The molecule has 1 amide bonds. The number of rotatable bonds is 2. The second-order valence-electron chi connectivity index (χ2n) is 4.19. The van der Waals surface area contributed by atoms with Crippen LogP contribution in [0.3, 0.4) is 0 Å². The molecule has 4 nitrogen and oxygen atoms in total. The van der Waals surface area contributed by atoms with Crippen LogP contribution in [0, 0.1) is 0 Å². The fraction of sp³-hybridized carbons (Fsp3) is 0. The summed E-state index contributed by atoms with van der Waals surface area (Å²) in [5, 5.41) is 3.77. The van der Waals surface area contributed by atoms with Crippen molar-refractivity contribution >= 4 is 38.4 Å². The van der Waals surface area contributed by atoms with Crippen molar-refractivity contribution in [2.75, 3.05) is 5.32 Å². The fourth-order valence-electron chi connectivity index (χ4n) is 1.91. The van der Waals surface area contributed by atoms with Gasteiger partial charge in [0.2, 0.25) is 0 Å². The molecule has 1 N–H and O–H groups in total. The van der Waals surface area contributed by atoms with E-state index < -0.39 is 0 Å². The largest absolute Gasteiger partial charge is 0.320 e. The van der Waals surface area contributed by atoms with E-state index in [1.807, 2.05) is 30.3 Å². The van der Waals surface area contributed by atoms with Crippen LogP contribution in [-0.2, 0) is 0 Å². The highest BCUT2D eigenvalue weighted by molar-refractivity contribution is 9.10. The number of carbonyl (C=O) groups is 1. The van der Waals surface area contributed by atoms with Crippen molar-refractivity contribution in [3.8, 4) is 0 Å². The number of pyridine rings is 2. The maximum Gasteiger partial charge on any atom is 0.274 e. The second kappa shape index (κ2) is 5.38. The van der Waals surface area contributed by atoms with Gasteiger partial charge >= 0.3 is 0 Å². The van der Waals surface area contributed by atoms with E-state index in [-0.39, 0.29) is 5.91 Å². The van der Waals surface area contributed by atoms with E-state index in [1.54, 1.807) is 24.5 Å². The molecule has 3 aromatic rings. The Labute approximate surface area is 124 Å². The van der Waals surface area contributed by atoms with Crippen molar-refractivity contribution in [1.29, 1.82) is 0 Å². The Morgan fingerprint density at radius 1 is 1.05 bits per heavy atom. The smallest absolute Gasteiger partial charge is 0.274 e. The van der Waals surface area contributed by atoms with Crippen molar-refractivity contribution < 1.29 is 4.79 Å². The van der Waals surface area contributed by atoms with E-state index in [1.165, 1.54) is 0 Å². The number of hydrogen-bond acceptors (Lipinski definition) is 3. The summed E-state index contributed by atoms with van der Waals surface area (Å²) >= 11 is 3.29. The normalized spacial score (nSPS) is 10.4. The average molecular weight is 328 g/mol. The van der Waals surface area contributed by atoms with Gasteiger partial charge in [0.25, 0.3) is 5.91 Å². The van der Waals surface area contributed by atoms with Gasteiger partial charge in [0.05, 0.1) is 11.2 Å². The summed E-state index contributed by atoms with van der Waals surface area (Å²) in [6.07, 6.45) is 3.32. The Kier molecular flexibility index (Phi) is 3.43. The van der Waals surface area contributed by atoms with Crippen molar-refractivity contribution in [2.45, 2.75) is 0 Å². The SMILES string of the molecule is O=C(Nc1cccc2ncccc12)c1ccc(Br)cn1. The number of fused-ring (bicyclic) bond motifs is 1. The highest BCUT2D eigenvalue weighted by atomic mass is 79.9. The van der Waals surface area contributed by atoms with Gasteiger partial charge in [-0.05, 0) is 52.3 Å². The van der Waals surface area contributed by atoms with E-state index in [0.29, 0.717) is 5.69 Å². The molecule has 20 heavy (non-hydrogen) atoms. The van der Waals surface area contributed by atoms with Crippen molar-refractivity contribution in [2.24, 2.45) is 0 Å². The van der Waals surface area contributed by atoms with Gasteiger partial charge in [-0.25, -0.2) is 4.98 Å². The minimum absolute atomic E-state index is 0.242. The van der Waals surface area contributed by atoms with Crippen LogP contribution < -0.4 is 5.32 Å². The summed E-state index contributed by atoms with van der Waals surface area (Å²) in [5.74, 6) is -0.242. The maximum absolute atomic E-state index is 12.2. The van der Waals surface area contributed by atoms with E-state index in [9.17, 15) is 4.79 Å². The number of anilines is 1. The third-order valence-electron chi connectivity index (χ3n) is 2.85. The van der Waals surface area contributed by atoms with E-state index >= 15 is 0 Å². The summed E-state index contributed by atoms with van der Waals surface area (Å²) in [7, 11) is 0. The Hall–Kier alpha value is -2.27. The molecule has 0 spiro atoms. The molecule has 2 heterocycles. The molecule has 0 radical (unpaired) electrons. The molecule has 0 fully saturated rings. The topological polar surface area (TPSA) is 54.9 Å².